The van der Waals surface area contributed by atoms with Crippen LogP contribution in [0.2, 0.25) is 0 Å². The summed E-state index contributed by atoms with van der Waals surface area (Å²) < 4.78 is 18.3. The molecule has 0 spiro atoms. The summed E-state index contributed by atoms with van der Waals surface area (Å²) in [6.45, 7) is 2.97. The maximum absolute atomic E-state index is 13.0. The Bertz CT molecular complexity index is 713. The average Bonchev–Trinajstić information content (AvgIpc) is 2.48. The second-order valence-corrected chi connectivity index (χ2v) is 4.88. The smallest absolute Gasteiger partial charge is 0.262 e. The SMILES string of the molecule is CC(=O)c1cccc(OCC(=O)Nc2ccc(F)cc2C)c1. The number of rotatable bonds is 5. The minimum absolute atomic E-state index is 0.0724. The monoisotopic (exact) mass is 301 g/mol. The van der Waals surface area contributed by atoms with Gasteiger partial charge < -0.3 is 10.1 Å². The third kappa shape index (κ3) is 4.15. The number of hydrogen-bond acceptors (Lipinski definition) is 3. The van der Waals surface area contributed by atoms with Gasteiger partial charge in [0.15, 0.2) is 12.4 Å². The Balaban J connectivity index is 1.95. The molecule has 114 valence electrons. The molecule has 2 aromatic carbocycles. The van der Waals surface area contributed by atoms with E-state index in [1.165, 1.54) is 25.1 Å². The van der Waals surface area contributed by atoms with E-state index in [0.717, 1.165) is 0 Å². The van der Waals surface area contributed by atoms with E-state index in [0.29, 0.717) is 22.6 Å². The number of nitrogens with one attached hydrogen (secondary N) is 1. The van der Waals surface area contributed by atoms with Gasteiger partial charge >= 0.3 is 0 Å². The molecule has 0 bridgehead atoms. The highest BCUT2D eigenvalue weighted by Crippen LogP contribution is 2.16. The first-order valence-corrected chi connectivity index (χ1v) is 6.75. The van der Waals surface area contributed by atoms with Crippen LogP contribution in [0.3, 0.4) is 0 Å². The summed E-state index contributed by atoms with van der Waals surface area (Å²) in [5.74, 6) is -0.341. The van der Waals surface area contributed by atoms with Gasteiger partial charge in [-0.05, 0) is 49.7 Å². The molecule has 0 radical (unpaired) electrons. The largest absolute Gasteiger partial charge is 0.484 e. The number of hydrogen-bond donors (Lipinski definition) is 1. The number of carbonyl (C=O) groups excluding carboxylic acids is 2. The molecule has 1 amide bonds. The van der Waals surface area contributed by atoms with Gasteiger partial charge in [-0.3, -0.25) is 9.59 Å². The third-order valence-corrected chi connectivity index (χ3v) is 3.07. The van der Waals surface area contributed by atoms with Crippen LogP contribution in [0.1, 0.15) is 22.8 Å². The van der Waals surface area contributed by atoms with Crippen LogP contribution < -0.4 is 10.1 Å². The zero-order chi connectivity index (χ0) is 16.1. The molecule has 0 aliphatic carbocycles. The standard InChI is InChI=1S/C17H16FNO3/c1-11-8-14(18)6-7-16(11)19-17(21)10-22-15-5-3-4-13(9-15)12(2)20/h3-9H,10H2,1-2H3,(H,19,21). The van der Waals surface area contributed by atoms with E-state index < -0.39 is 0 Å². The summed E-state index contributed by atoms with van der Waals surface area (Å²) in [6.07, 6.45) is 0. The van der Waals surface area contributed by atoms with Crippen LogP contribution in [0, 0.1) is 12.7 Å². The Labute approximate surface area is 127 Å². The van der Waals surface area contributed by atoms with Crippen LogP contribution in [0.15, 0.2) is 42.5 Å². The first kappa shape index (κ1) is 15.7. The highest BCUT2D eigenvalue weighted by molar-refractivity contribution is 5.94. The minimum atomic E-state index is -0.358. The second-order valence-electron chi connectivity index (χ2n) is 4.88. The number of amides is 1. The molecule has 0 unspecified atom stereocenters. The summed E-state index contributed by atoms with van der Waals surface area (Å²) >= 11 is 0. The van der Waals surface area contributed by atoms with E-state index in [1.807, 2.05) is 0 Å². The van der Waals surface area contributed by atoms with E-state index in [1.54, 1.807) is 31.2 Å². The van der Waals surface area contributed by atoms with E-state index in [9.17, 15) is 14.0 Å². The van der Waals surface area contributed by atoms with Gasteiger partial charge in [-0.1, -0.05) is 12.1 Å². The first-order chi connectivity index (χ1) is 10.5. The zero-order valence-electron chi connectivity index (χ0n) is 12.4. The van der Waals surface area contributed by atoms with Gasteiger partial charge in [0.2, 0.25) is 0 Å². The van der Waals surface area contributed by atoms with Crippen molar-refractivity contribution in [2.75, 3.05) is 11.9 Å². The quantitative estimate of drug-likeness (QED) is 0.862. The molecule has 0 saturated carbocycles. The van der Waals surface area contributed by atoms with Crippen molar-refractivity contribution in [3.63, 3.8) is 0 Å². The number of aryl methyl sites for hydroxylation is 1. The van der Waals surface area contributed by atoms with Gasteiger partial charge in [-0.15, -0.1) is 0 Å². The van der Waals surface area contributed by atoms with Gasteiger partial charge in [-0.25, -0.2) is 4.39 Å². The molecule has 4 nitrogen and oxygen atoms in total. The summed E-state index contributed by atoms with van der Waals surface area (Å²) in [6, 6.07) is 10.7. The molecule has 0 aromatic heterocycles. The Hall–Kier alpha value is -2.69. The molecule has 22 heavy (non-hydrogen) atoms. The molecule has 0 aliphatic heterocycles. The van der Waals surface area contributed by atoms with Gasteiger partial charge in [-0.2, -0.15) is 0 Å². The fourth-order valence-electron chi connectivity index (χ4n) is 1.91. The van der Waals surface area contributed by atoms with Crippen LogP contribution in [0.5, 0.6) is 5.75 Å². The van der Waals surface area contributed by atoms with Crippen LogP contribution in [-0.4, -0.2) is 18.3 Å². The van der Waals surface area contributed by atoms with Gasteiger partial charge in [0.05, 0.1) is 0 Å². The zero-order valence-corrected chi connectivity index (χ0v) is 12.4. The average molecular weight is 301 g/mol. The Kier molecular flexibility index (Phi) is 4.88. The minimum Gasteiger partial charge on any atom is -0.484 e. The van der Waals surface area contributed by atoms with Gasteiger partial charge in [0, 0.05) is 11.3 Å². The molecule has 0 saturated heterocycles. The normalized spacial score (nSPS) is 10.1. The number of Topliss-reactive ketones (excluding diaryl/α,β-unsaturated/α-hetero) is 1. The second kappa shape index (κ2) is 6.85. The molecule has 0 fully saturated rings. The summed E-state index contributed by atoms with van der Waals surface area (Å²) in [7, 11) is 0. The predicted molar refractivity (Wildman–Crippen MR) is 81.7 cm³/mol. The maximum atomic E-state index is 13.0. The predicted octanol–water partition coefficient (Wildman–Crippen LogP) is 3.35. The van der Waals surface area contributed by atoms with Crippen LogP contribution >= 0.6 is 0 Å². The topological polar surface area (TPSA) is 55.4 Å². The van der Waals surface area contributed by atoms with Crippen molar-refractivity contribution < 1.29 is 18.7 Å². The third-order valence-electron chi connectivity index (χ3n) is 3.07. The number of ketones is 1. The number of benzene rings is 2. The lowest BCUT2D eigenvalue weighted by Crippen LogP contribution is -2.20. The van der Waals surface area contributed by atoms with E-state index >= 15 is 0 Å². The molecule has 1 N–H and O–H groups in total. The van der Waals surface area contributed by atoms with Crippen molar-refractivity contribution in [2.24, 2.45) is 0 Å². The highest BCUT2D eigenvalue weighted by Gasteiger charge is 2.07. The van der Waals surface area contributed by atoms with Crippen molar-refractivity contribution in [3.05, 3.63) is 59.4 Å². The molecule has 2 rings (SSSR count). The Morgan fingerprint density at radius 2 is 1.95 bits per heavy atom. The molecule has 2 aromatic rings. The van der Waals surface area contributed by atoms with Crippen molar-refractivity contribution in [1.82, 2.24) is 0 Å². The van der Waals surface area contributed by atoms with Gasteiger partial charge in [0.1, 0.15) is 11.6 Å². The Morgan fingerprint density at radius 1 is 1.18 bits per heavy atom. The lowest BCUT2D eigenvalue weighted by Gasteiger charge is -2.10. The number of ether oxygens (including phenoxy) is 1. The number of carbonyl (C=O) groups is 2. The molecular weight excluding hydrogens is 285 g/mol. The van der Waals surface area contributed by atoms with Gasteiger partial charge in [0.25, 0.3) is 5.91 Å². The van der Waals surface area contributed by atoms with Crippen LogP contribution in [0.25, 0.3) is 0 Å². The van der Waals surface area contributed by atoms with Crippen molar-refractivity contribution in [2.45, 2.75) is 13.8 Å². The molecule has 0 heterocycles. The maximum Gasteiger partial charge on any atom is 0.262 e. The fraction of sp³-hybridized carbons (Fsp3) is 0.176. The van der Waals surface area contributed by atoms with Crippen molar-refractivity contribution in [3.8, 4) is 5.75 Å². The van der Waals surface area contributed by atoms with Crippen molar-refractivity contribution >= 4 is 17.4 Å². The lowest BCUT2D eigenvalue weighted by molar-refractivity contribution is -0.118. The Morgan fingerprint density at radius 3 is 2.64 bits per heavy atom. The molecule has 0 atom stereocenters. The summed E-state index contributed by atoms with van der Waals surface area (Å²) in [5.41, 5.74) is 1.69. The first-order valence-electron chi connectivity index (χ1n) is 6.75. The molecular formula is C17H16FNO3. The lowest BCUT2D eigenvalue weighted by atomic mass is 10.1. The molecule has 0 aliphatic rings. The number of halogens is 1. The summed E-state index contributed by atoms with van der Waals surface area (Å²) in [5, 5.41) is 2.65. The van der Waals surface area contributed by atoms with Crippen LogP contribution in [0.4, 0.5) is 10.1 Å². The van der Waals surface area contributed by atoms with E-state index in [4.69, 9.17) is 4.74 Å². The fourth-order valence-corrected chi connectivity index (χ4v) is 1.91. The van der Waals surface area contributed by atoms with Crippen LogP contribution in [-0.2, 0) is 4.79 Å². The number of anilines is 1. The highest BCUT2D eigenvalue weighted by atomic mass is 19.1. The van der Waals surface area contributed by atoms with E-state index in [2.05, 4.69) is 5.32 Å². The van der Waals surface area contributed by atoms with E-state index in [-0.39, 0.29) is 24.1 Å². The van der Waals surface area contributed by atoms with Crippen molar-refractivity contribution in [1.29, 1.82) is 0 Å². The summed E-state index contributed by atoms with van der Waals surface area (Å²) in [4.78, 5) is 23.1. The molecule has 5 heteroatoms.